The summed E-state index contributed by atoms with van der Waals surface area (Å²) in [5, 5.41) is 8.91. The summed E-state index contributed by atoms with van der Waals surface area (Å²) in [6.45, 7) is 8.98. The molecule has 0 amide bonds. The van der Waals surface area contributed by atoms with Crippen LogP contribution in [0, 0.1) is 0 Å². The van der Waals surface area contributed by atoms with Gasteiger partial charge in [-0.1, -0.05) is 48.9 Å². The molecule has 214 valence electrons. The number of rotatable bonds is 10. The molecular formula is C26H28Cl2F3N5O3Si. The fraction of sp³-hybridized carbons (Fsp3) is 0.385. The summed E-state index contributed by atoms with van der Waals surface area (Å²) in [5.74, 6) is -0.0336. The first kappa shape index (κ1) is 30.0. The SMILES string of the molecule is CCOC(=O)Cc1nnc(-c2nc3cc(C(F)(F)F)ccc3n2COCC[Si](C)(C)C)n1-c1cccc(Cl)c1Cl. The summed E-state index contributed by atoms with van der Waals surface area (Å²) in [5.41, 5.74) is 0.0351. The molecule has 0 saturated carbocycles. The summed E-state index contributed by atoms with van der Waals surface area (Å²) in [6, 6.07) is 9.15. The standard InChI is InChI=1S/C26H28Cl2F3N5O3Si/c1-5-39-22(37)14-21-33-34-25(36(21)20-8-6-7-17(27)23(20)28)24-32-18-13-16(26(29,30)31)9-10-19(18)35(24)15-38-11-12-40(2,3)4/h6-10,13H,5,11-12,14-15H2,1-4H3. The van der Waals surface area contributed by atoms with E-state index in [9.17, 15) is 18.0 Å². The van der Waals surface area contributed by atoms with Gasteiger partial charge in [-0.3, -0.25) is 13.9 Å². The number of halogens is 5. The van der Waals surface area contributed by atoms with Crippen molar-refractivity contribution in [2.24, 2.45) is 0 Å². The zero-order chi connectivity index (χ0) is 29.2. The van der Waals surface area contributed by atoms with Crippen molar-refractivity contribution in [1.82, 2.24) is 24.3 Å². The van der Waals surface area contributed by atoms with E-state index < -0.39 is 25.8 Å². The van der Waals surface area contributed by atoms with Crippen molar-refractivity contribution in [3.63, 3.8) is 0 Å². The van der Waals surface area contributed by atoms with Gasteiger partial charge in [0.1, 0.15) is 19.0 Å². The molecule has 2 heterocycles. The number of hydrogen-bond donors (Lipinski definition) is 0. The second-order valence-corrected chi connectivity index (χ2v) is 16.6. The van der Waals surface area contributed by atoms with Crippen LogP contribution in [0.25, 0.3) is 28.4 Å². The number of aromatic nitrogens is 5. The van der Waals surface area contributed by atoms with Crippen molar-refractivity contribution in [2.75, 3.05) is 13.2 Å². The monoisotopic (exact) mass is 613 g/mol. The Kier molecular flexibility index (Phi) is 8.93. The Balaban J connectivity index is 1.90. The molecule has 14 heteroatoms. The van der Waals surface area contributed by atoms with Crippen molar-refractivity contribution in [3.8, 4) is 17.3 Å². The Bertz CT molecular complexity index is 1530. The lowest BCUT2D eigenvalue weighted by atomic mass is 10.2. The van der Waals surface area contributed by atoms with E-state index >= 15 is 0 Å². The van der Waals surface area contributed by atoms with Crippen LogP contribution in [0.2, 0.25) is 35.7 Å². The maximum absolute atomic E-state index is 13.5. The maximum atomic E-state index is 13.5. The van der Waals surface area contributed by atoms with E-state index in [1.165, 1.54) is 10.6 Å². The van der Waals surface area contributed by atoms with Crippen molar-refractivity contribution in [3.05, 3.63) is 57.8 Å². The van der Waals surface area contributed by atoms with Gasteiger partial charge in [0.05, 0.1) is 38.9 Å². The van der Waals surface area contributed by atoms with E-state index in [0.29, 0.717) is 17.8 Å². The molecule has 40 heavy (non-hydrogen) atoms. The minimum atomic E-state index is -4.55. The molecule has 0 radical (unpaired) electrons. The number of ether oxygens (including phenoxy) is 2. The summed E-state index contributed by atoms with van der Waals surface area (Å²) in [4.78, 5) is 16.9. The summed E-state index contributed by atoms with van der Waals surface area (Å²) in [7, 11) is -1.40. The molecule has 0 aliphatic rings. The van der Waals surface area contributed by atoms with E-state index in [0.717, 1.165) is 18.2 Å². The molecular weight excluding hydrogens is 586 g/mol. The topological polar surface area (TPSA) is 84.1 Å². The van der Waals surface area contributed by atoms with Crippen LogP contribution in [-0.4, -0.2) is 51.6 Å². The van der Waals surface area contributed by atoms with Crippen LogP contribution in [0.3, 0.4) is 0 Å². The Labute approximate surface area is 240 Å². The highest BCUT2D eigenvalue weighted by Gasteiger charge is 2.32. The van der Waals surface area contributed by atoms with Crippen molar-refractivity contribution in [1.29, 1.82) is 0 Å². The second-order valence-electron chi connectivity index (χ2n) is 10.2. The van der Waals surface area contributed by atoms with Gasteiger partial charge in [0.25, 0.3) is 0 Å². The quantitative estimate of drug-likeness (QED) is 0.108. The smallest absolute Gasteiger partial charge is 0.416 e. The van der Waals surface area contributed by atoms with Crippen LogP contribution in [0.1, 0.15) is 18.3 Å². The molecule has 0 aliphatic heterocycles. The zero-order valence-corrected chi connectivity index (χ0v) is 24.9. The number of imidazole rings is 1. The summed E-state index contributed by atoms with van der Waals surface area (Å²) < 4.78 is 54.7. The first-order chi connectivity index (χ1) is 18.8. The van der Waals surface area contributed by atoms with Gasteiger partial charge in [-0.15, -0.1) is 10.2 Å². The lowest BCUT2D eigenvalue weighted by Gasteiger charge is -2.17. The highest BCUT2D eigenvalue weighted by molar-refractivity contribution is 6.76. The molecule has 0 bridgehead atoms. The number of alkyl halides is 3. The molecule has 0 saturated heterocycles. The molecule has 0 atom stereocenters. The summed E-state index contributed by atoms with van der Waals surface area (Å²) in [6.07, 6.45) is -4.79. The van der Waals surface area contributed by atoms with Crippen LogP contribution in [0.15, 0.2) is 36.4 Å². The molecule has 8 nitrogen and oxygen atoms in total. The normalized spacial score (nSPS) is 12.3. The minimum absolute atomic E-state index is 0.00499. The van der Waals surface area contributed by atoms with Crippen LogP contribution in [0.4, 0.5) is 13.2 Å². The maximum Gasteiger partial charge on any atom is 0.416 e. The number of carbonyl (C=O) groups excluding carboxylic acids is 1. The predicted molar refractivity (Wildman–Crippen MR) is 150 cm³/mol. The highest BCUT2D eigenvalue weighted by atomic mass is 35.5. The largest absolute Gasteiger partial charge is 0.466 e. The van der Waals surface area contributed by atoms with Gasteiger partial charge in [-0.2, -0.15) is 13.2 Å². The van der Waals surface area contributed by atoms with Gasteiger partial charge in [-0.25, -0.2) is 4.98 Å². The van der Waals surface area contributed by atoms with Gasteiger partial charge in [-0.05, 0) is 43.3 Å². The van der Waals surface area contributed by atoms with E-state index in [-0.39, 0.29) is 52.8 Å². The van der Waals surface area contributed by atoms with Gasteiger partial charge in [0.2, 0.25) is 5.82 Å². The Morgan fingerprint density at radius 3 is 2.50 bits per heavy atom. The number of benzene rings is 2. The average molecular weight is 615 g/mol. The molecule has 2 aromatic heterocycles. The summed E-state index contributed by atoms with van der Waals surface area (Å²) >= 11 is 12.8. The fourth-order valence-corrected chi connectivity index (χ4v) is 5.11. The lowest BCUT2D eigenvalue weighted by Crippen LogP contribution is -2.22. The molecule has 4 rings (SSSR count). The Hall–Kier alpha value is -2.93. The Morgan fingerprint density at radius 1 is 1.07 bits per heavy atom. The first-order valence-electron chi connectivity index (χ1n) is 12.5. The highest BCUT2D eigenvalue weighted by Crippen LogP contribution is 2.35. The number of esters is 1. The molecule has 0 N–H and O–H groups in total. The lowest BCUT2D eigenvalue weighted by molar-refractivity contribution is -0.142. The Morgan fingerprint density at radius 2 is 1.82 bits per heavy atom. The number of hydrogen-bond acceptors (Lipinski definition) is 6. The number of fused-ring (bicyclic) bond motifs is 1. The molecule has 0 aliphatic carbocycles. The van der Waals surface area contributed by atoms with Gasteiger partial charge >= 0.3 is 12.1 Å². The van der Waals surface area contributed by atoms with E-state index in [1.807, 2.05) is 0 Å². The van der Waals surface area contributed by atoms with E-state index in [2.05, 4.69) is 34.8 Å². The molecule has 4 aromatic rings. The van der Waals surface area contributed by atoms with Crippen LogP contribution in [0.5, 0.6) is 0 Å². The minimum Gasteiger partial charge on any atom is -0.466 e. The third-order valence-electron chi connectivity index (χ3n) is 6.00. The third kappa shape index (κ3) is 6.68. The van der Waals surface area contributed by atoms with Crippen molar-refractivity contribution < 1.29 is 27.4 Å². The fourth-order valence-electron chi connectivity index (χ4n) is 3.98. The molecule has 2 aromatic carbocycles. The zero-order valence-electron chi connectivity index (χ0n) is 22.4. The van der Waals surface area contributed by atoms with Crippen molar-refractivity contribution >= 4 is 48.3 Å². The van der Waals surface area contributed by atoms with E-state index in [1.54, 1.807) is 29.7 Å². The van der Waals surface area contributed by atoms with Gasteiger partial charge in [0, 0.05) is 14.7 Å². The first-order valence-corrected chi connectivity index (χ1v) is 17.0. The predicted octanol–water partition coefficient (Wildman–Crippen LogP) is 7.03. The van der Waals surface area contributed by atoms with Gasteiger partial charge < -0.3 is 9.47 Å². The number of nitrogens with zero attached hydrogens (tertiary/aromatic N) is 5. The van der Waals surface area contributed by atoms with Crippen LogP contribution in [-0.2, 0) is 33.6 Å². The third-order valence-corrected chi connectivity index (χ3v) is 8.52. The molecule has 0 spiro atoms. The number of carbonyl (C=O) groups is 1. The molecule has 0 unspecified atom stereocenters. The second kappa shape index (κ2) is 11.9. The molecule has 0 fully saturated rings. The van der Waals surface area contributed by atoms with Crippen LogP contribution >= 0.6 is 23.2 Å². The van der Waals surface area contributed by atoms with Crippen molar-refractivity contribution in [2.45, 2.75) is 51.9 Å². The van der Waals surface area contributed by atoms with E-state index in [4.69, 9.17) is 32.7 Å². The average Bonchev–Trinajstić information content (AvgIpc) is 3.43. The van der Waals surface area contributed by atoms with Crippen LogP contribution < -0.4 is 0 Å². The van der Waals surface area contributed by atoms with Gasteiger partial charge in [0.15, 0.2) is 5.82 Å².